The minimum Gasteiger partial charge on any atom is -0.384 e. The summed E-state index contributed by atoms with van der Waals surface area (Å²) < 4.78 is 0. The predicted octanol–water partition coefficient (Wildman–Crippen LogP) is 2.28. The van der Waals surface area contributed by atoms with E-state index in [4.69, 9.17) is 11.6 Å². The highest BCUT2D eigenvalue weighted by Gasteiger charge is 2.15. The predicted molar refractivity (Wildman–Crippen MR) is 61.0 cm³/mol. The van der Waals surface area contributed by atoms with Crippen molar-refractivity contribution in [1.82, 2.24) is 5.32 Å². The van der Waals surface area contributed by atoms with E-state index in [1.807, 2.05) is 18.2 Å². The number of rotatable bonds is 3. The van der Waals surface area contributed by atoms with Gasteiger partial charge >= 0.3 is 0 Å². The molecule has 0 amide bonds. The van der Waals surface area contributed by atoms with Crippen molar-refractivity contribution in [3.8, 4) is 0 Å². The third-order valence-corrected chi connectivity index (χ3v) is 2.88. The van der Waals surface area contributed by atoms with Gasteiger partial charge in [0.25, 0.3) is 0 Å². The first kappa shape index (κ1) is 9.81. The molecule has 1 aliphatic heterocycles. The van der Waals surface area contributed by atoms with Crippen LogP contribution >= 0.6 is 11.6 Å². The zero-order valence-corrected chi connectivity index (χ0v) is 9.06. The number of halogens is 1. The van der Waals surface area contributed by atoms with Gasteiger partial charge in [-0.25, -0.2) is 0 Å². The molecular formula is C11H15ClN2. The lowest BCUT2D eigenvalue weighted by atomic mass is 10.0. The molecule has 1 heterocycles. The van der Waals surface area contributed by atoms with Gasteiger partial charge in [0, 0.05) is 36.3 Å². The Bertz CT molecular complexity index is 321. The summed E-state index contributed by atoms with van der Waals surface area (Å²) in [5, 5.41) is 7.48. The standard InChI is InChI=1S/C11H15ClN2/c1-8-2-3-10(12)4-11(8)14-7-9-5-13-6-9/h2-4,9,13-14H,5-7H2,1H3. The van der Waals surface area contributed by atoms with Gasteiger partial charge in [-0.05, 0) is 24.6 Å². The molecular weight excluding hydrogens is 196 g/mol. The molecule has 0 aliphatic carbocycles. The summed E-state index contributed by atoms with van der Waals surface area (Å²) in [4.78, 5) is 0. The molecule has 0 saturated carbocycles. The molecule has 1 aromatic rings. The van der Waals surface area contributed by atoms with Crippen LogP contribution in [0.5, 0.6) is 0 Å². The molecule has 14 heavy (non-hydrogen) atoms. The van der Waals surface area contributed by atoms with Crippen molar-refractivity contribution in [3.05, 3.63) is 28.8 Å². The summed E-state index contributed by atoms with van der Waals surface area (Å²) in [6, 6.07) is 5.96. The fourth-order valence-corrected chi connectivity index (χ4v) is 1.70. The van der Waals surface area contributed by atoms with Crippen molar-refractivity contribution in [2.24, 2.45) is 5.92 Å². The Morgan fingerprint density at radius 2 is 2.29 bits per heavy atom. The zero-order valence-electron chi connectivity index (χ0n) is 8.31. The quantitative estimate of drug-likeness (QED) is 0.800. The number of hydrogen-bond donors (Lipinski definition) is 2. The van der Waals surface area contributed by atoms with Crippen LogP contribution in [-0.4, -0.2) is 19.6 Å². The SMILES string of the molecule is Cc1ccc(Cl)cc1NCC1CNC1. The zero-order chi connectivity index (χ0) is 9.97. The van der Waals surface area contributed by atoms with Crippen molar-refractivity contribution in [2.75, 3.05) is 25.0 Å². The molecule has 0 radical (unpaired) electrons. The summed E-state index contributed by atoms with van der Waals surface area (Å²) in [7, 11) is 0. The smallest absolute Gasteiger partial charge is 0.0426 e. The highest BCUT2D eigenvalue weighted by molar-refractivity contribution is 6.30. The molecule has 1 fully saturated rings. The average Bonchev–Trinajstić information content (AvgIpc) is 2.08. The van der Waals surface area contributed by atoms with Crippen molar-refractivity contribution in [2.45, 2.75) is 6.92 Å². The Morgan fingerprint density at radius 1 is 1.50 bits per heavy atom. The number of benzene rings is 1. The van der Waals surface area contributed by atoms with E-state index in [2.05, 4.69) is 17.6 Å². The molecule has 76 valence electrons. The second-order valence-electron chi connectivity index (χ2n) is 3.86. The normalized spacial score (nSPS) is 16.4. The maximum absolute atomic E-state index is 5.93. The second-order valence-corrected chi connectivity index (χ2v) is 4.30. The maximum atomic E-state index is 5.93. The highest BCUT2D eigenvalue weighted by atomic mass is 35.5. The molecule has 2 rings (SSSR count). The first-order valence-electron chi connectivity index (χ1n) is 4.96. The molecule has 1 aliphatic rings. The number of hydrogen-bond acceptors (Lipinski definition) is 2. The first-order chi connectivity index (χ1) is 6.75. The summed E-state index contributed by atoms with van der Waals surface area (Å²) in [5.74, 6) is 0.772. The largest absolute Gasteiger partial charge is 0.384 e. The number of anilines is 1. The second kappa shape index (κ2) is 4.20. The monoisotopic (exact) mass is 210 g/mol. The van der Waals surface area contributed by atoms with Crippen molar-refractivity contribution in [1.29, 1.82) is 0 Å². The first-order valence-corrected chi connectivity index (χ1v) is 5.34. The lowest BCUT2D eigenvalue weighted by Gasteiger charge is -2.27. The van der Waals surface area contributed by atoms with Crippen molar-refractivity contribution >= 4 is 17.3 Å². The maximum Gasteiger partial charge on any atom is 0.0426 e. The minimum atomic E-state index is 0.772. The molecule has 3 heteroatoms. The van der Waals surface area contributed by atoms with Gasteiger partial charge in [0.1, 0.15) is 0 Å². The highest BCUT2D eigenvalue weighted by Crippen LogP contribution is 2.20. The van der Waals surface area contributed by atoms with Gasteiger partial charge in [-0.15, -0.1) is 0 Å². The van der Waals surface area contributed by atoms with Crippen LogP contribution in [-0.2, 0) is 0 Å². The van der Waals surface area contributed by atoms with E-state index in [-0.39, 0.29) is 0 Å². The lowest BCUT2D eigenvalue weighted by Crippen LogP contribution is -2.45. The average molecular weight is 211 g/mol. The van der Waals surface area contributed by atoms with Crippen LogP contribution in [0.15, 0.2) is 18.2 Å². The summed E-state index contributed by atoms with van der Waals surface area (Å²) in [6.07, 6.45) is 0. The van der Waals surface area contributed by atoms with Gasteiger partial charge < -0.3 is 10.6 Å². The molecule has 0 unspecified atom stereocenters. The third kappa shape index (κ3) is 2.20. The fourth-order valence-electron chi connectivity index (χ4n) is 1.53. The van der Waals surface area contributed by atoms with E-state index in [1.54, 1.807) is 0 Å². The summed E-state index contributed by atoms with van der Waals surface area (Å²) in [5.41, 5.74) is 2.41. The Kier molecular flexibility index (Phi) is 2.94. The van der Waals surface area contributed by atoms with E-state index in [0.29, 0.717) is 0 Å². The van der Waals surface area contributed by atoms with Crippen LogP contribution in [0.25, 0.3) is 0 Å². The fraction of sp³-hybridized carbons (Fsp3) is 0.455. The van der Waals surface area contributed by atoms with Crippen LogP contribution in [0.2, 0.25) is 5.02 Å². The van der Waals surface area contributed by atoms with E-state index in [0.717, 1.165) is 36.3 Å². The Morgan fingerprint density at radius 3 is 2.93 bits per heavy atom. The Hall–Kier alpha value is -0.730. The van der Waals surface area contributed by atoms with E-state index in [1.165, 1.54) is 5.56 Å². The van der Waals surface area contributed by atoms with E-state index in [9.17, 15) is 0 Å². The van der Waals surface area contributed by atoms with Crippen molar-refractivity contribution in [3.63, 3.8) is 0 Å². The van der Waals surface area contributed by atoms with Gasteiger partial charge in [-0.3, -0.25) is 0 Å². The topological polar surface area (TPSA) is 24.1 Å². The van der Waals surface area contributed by atoms with Crippen LogP contribution in [0.3, 0.4) is 0 Å². The van der Waals surface area contributed by atoms with Crippen LogP contribution < -0.4 is 10.6 Å². The molecule has 0 spiro atoms. The van der Waals surface area contributed by atoms with Gasteiger partial charge in [-0.1, -0.05) is 17.7 Å². The molecule has 2 nitrogen and oxygen atoms in total. The Balaban J connectivity index is 1.96. The molecule has 2 N–H and O–H groups in total. The van der Waals surface area contributed by atoms with Crippen molar-refractivity contribution < 1.29 is 0 Å². The van der Waals surface area contributed by atoms with Gasteiger partial charge in [0.05, 0.1) is 0 Å². The van der Waals surface area contributed by atoms with E-state index < -0.39 is 0 Å². The molecule has 1 aromatic carbocycles. The molecule has 1 saturated heterocycles. The third-order valence-electron chi connectivity index (χ3n) is 2.65. The van der Waals surface area contributed by atoms with Crippen LogP contribution in [0.1, 0.15) is 5.56 Å². The summed E-state index contributed by atoms with van der Waals surface area (Å²) >= 11 is 5.93. The molecule has 0 bridgehead atoms. The van der Waals surface area contributed by atoms with Gasteiger partial charge in [0.2, 0.25) is 0 Å². The van der Waals surface area contributed by atoms with Crippen LogP contribution in [0, 0.1) is 12.8 Å². The lowest BCUT2D eigenvalue weighted by molar-refractivity contribution is 0.365. The number of nitrogens with one attached hydrogen (secondary N) is 2. The molecule has 0 atom stereocenters. The minimum absolute atomic E-state index is 0.772. The molecule has 0 aromatic heterocycles. The van der Waals surface area contributed by atoms with Gasteiger partial charge in [0.15, 0.2) is 0 Å². The van der Waals surface area contributed by atoms with Gasteiger partial charge in [-0.2, -0.15) is 0 Å². The van der Waals surface area contributed by atoms with Crippen LogP contribution in [0.4, 0.5) is 5.69 Å². The summed E-state index contributed by atoms with van der Waals surface area (Å²) in [6.45, 7) is 5.39. The Labute approximate surface area is 89.7 Å². The number of aryl methyl sites for hydroxylation is 1. The van der Waals surface area contributed by atoms with E-state index >= 15 is 0 Å².